The van der Waals surface area contributed by atoms with Crippen molar-refractivity contribution < 1.29 is 24.5 Å². The van der Waals surface area contributed by atoms with Crippen LogP contribution in [-0.2, 0) is 9.59 Å². The highest BCUT2D eigenvalue weighted by molar-refractivity contribution is 5.78. The summed E-state index contributed by atoms with van der Waals surface area (Å²) in [6, 6.07) is 5.94. The Morgan fingerprint density at radius 2 is 1.88 bits per heavy atom. The van der Waals surface area contributed by atoms with Crippen LogP contribution in [0.1, 0.15) is 6.42 Å². The minimum atomic E-state index is -0.968. The third-order valence-corrected chi connectivity index (χ3v) is 1.87. The van der Waals surface area contributed by atoms with Gasteiger partial charge in [0.1, 0.15) is 11.5 Å². The number of carboxylic acids is 1. The van der Waals surface area contributed by atoms with E-state index in [1.54, 1.807) is 0 Å². The number of amides is 1. The van der Waals surface area contributed by atoms with Crippen LogP contribution < -0.4 is 10.1 Å². The lowest BCUT2D eigenvalue weighted by Crippen LogP contribution is -2.30. The quantitative estimate of drug-likeness (QED) is 0.666. The smallest absolute Gasteiger partial charge is 0.305 e. The maximum Gasteiger partial charge on any atom is 0.305 e. The van der Waals surface area contributed by atoms with Gasteiger partial charge in [-0.15, -0.1) is 0 Å². The van der Waals surface area contributed by atoms with Gasteiger partial charge in [-0.2, -0.15) is 0 Å². The third kappa shape index (κ3) is 5.41. The Morgan fingerprint density at radius 3 is 2.47 bits per heavy atom. The molecule has 6 nitrogen and oxygen atoms in total. The molecule has 3 N–H and O–H groups in total. The highest BCUT2D eigenvalue weighted by atomic mass is 16.5. The van der Waals surface area contributed by atoms with Crippen molar-refractivity contribution in [2.75, 3.05) is 13.2 Å². The van der Waals surface area contributed by atoms with Crippen molar-refractivity contribution in [2.45, 2.75) is 6.42 Å². The van der Waals surface area contributed by atoms with Crippen LogP contribution in [0, 0.1) is 0 Å². The Labute approximate surface area is 97.8 Å². The van der Waals surface area contributed by atoms with Crippen LogP contribution in [0.5, 0.6) is 11.5 Å². The second-order valence-corrected chi connectivity index (χ2v) is 3.28. The standard InChI is InChI=1S/C11H13NO5/c13-8-1-3-9(4-2-8)17-7-10(14)12-6-5-11(15)16/h1-4,13H,5-7H2,(H,12,14)(H,15,16). The van der Waals surface area contributed by atoms with Crippen molar-refractivity contribution in [3.05, 3.63) is 24.3 Å². The van der Waals surface area contributed by atoms with Crippen LogP contribution in [0.2, 0.25) is 0 Å². The second kappa shape index (κ2) is 6.37. The predicted molar refractivity (Wildman–Crippen MR) is 58.9 cm³/mol. The van der Waals surface area contributed by atoms with E-state index in [1.165, 1.54) is 24.3 Å². The first kappa shape index (κ1) is 12.8. The molecule has 0 bridgehead atoms. The summed E-state index contributed by atoms with van der Waals surface area (Å²) in [5.41, 5.74) is 0. The molecule has 92 valence electrons. The van der Waals surface area contributed by atoms with E-state index in [9.17, 15) is 9.59 Å². The van der Waals surface area contributed by atoms with Crippen LogP contribution in [0.15, 0.2) is 24.3 Å². The van der Waals surface area contributed by atoms with E-state index < -0.39 is 5.97 Å². The molecule has 17 heavy (non-hydrogen) atoms. The fourth-order valence-corrected chi connectivity index (χ4v) is 1.05. The van der Waals surface area contributed by atoms with Gasteiger partial charge in [0.2, 0.25) is 0 Å². The fraction of sp³-hybridized carbons (Fsp3) is 0.273. The zero-order valence-corrected chi connectivity index (χ0v) is 9.05. The summed E-state index contributed by atoms with van der Waals surface area (Å²) in [4.78, 5) is 21.4. The lowest BCUT2D eigenvalue weighted by atomic mass is 10.3. The predicted octanol–water partition coefficient (Wildman–Crippen LogP) is 0.362. The zero-order chi connectivity index (χ0) is 12.7. The Morgan fingerprint density at radius 1 is 1.24 bits per heavy atom. The van der Waals surface area contributed by atoms with E-state index in [-0.39, 0.29) is 31.2 Å². The number of rotatable bonds is 6. The monoisotopic (exact) mass is 239 g/mol. The summed E-state index contributed by atoms with van der Waals surface area (Å²) in [5.74, 6) is -0.788. The van der Waals surface area contributed by atoms with Gasteiger partial charge in [0.05, 0.1) is 6.42 Å². The van der Waals surface area contributed by atoms with Crippen molar-refractivity contribution >= 4 is 11.9 Å². The van der Waals surface area contributed by atoms with Crippen LogP contribution >= 0.6 is 0 Å². The molecule has 0 fully saturated rings. The van der Waals surface area contributed by atoms with E-state index in [2.05, 4.69) is 5.32 Å². The number of phenols is 1. The first-order valence-electron chi connectivity index (χ1n) is 4.98. The largest absolute Gasteiger partial charge is 0.508 e. The molecule has 1 rings (SSSR count). The summed E-state index contributed by atoms with van der Waals surface area (Å²) in [7, 11) is 0. The third-order valence-electron chi connectivity index (χ3n) is 1.87. The number of aromatic hydroxyl groups is 1. The summed E-state index contributed by atoms with van der Waals surface area (Å²) in [6.45, 7) is -0.114. The van der Waals surface area contributed by atoms with Crippen molar-refractivity contribution in [2.24, 2.45) is 0 Å². The average molecular weight is 239 g/mol. The molecule has 6 heteroatoms. The number of nitrogens with one attached hydrogen (secondary N) is 1. The number of hydrogen-bond donors (Lipinski definition) is 3. The van der Waals surface area contributed by atoms with Crippen molar-refractivity contribution in [1.82, 2.24) is 5.32 Å². The average Bonchev–Trinajstić information content (AvgIpc) is 2.28. The molecule has 1 aromatic carbocycles. The number of aliphatic carboxylic acids is 1. The number of benzene rings is 1. The van der Waals surface area contributed by atoms with Crippen molar-refractivity contribution in [3.8, 4) is 11.5 Å². The molecule has 0 aliphatic carbocycles. The molecule has 0 aliphatic heterocycles. The normalized spacial score (nSPS) is 9.65. The van der Waals surface area contributed by atoms with Crippen molar-refractivity contribution in [3.63, 3.8) is 0 Å². The van der Waals surface area contributed by atoms with Gasteiger partial charge < -0.3 is 20.3 Å². The molecule has 1 aromatic rings. The highest BCUT2D eigenvalue weighted by Crippen LogP contribution is 2.15. The Balaban J connectivity index is 2.23. The van der Waals surface area contributed by atoms with E-state index in [0.717, 1.165) is 0 Å². The lowest BCUT2D eigenvalue weighted by molar-refractivity contribution is -0.137. The molecular weight excluding hydrogens is 226 g/mol. The zero-order valence-electron chi connectivity index (χ0n) is 9.05. The SMILES string of the molecule is O=C(O)CCNC(=O)COc1ccc(O)cc1. The summed E-state index contributed by atoms with van der Waals surface area (Å²) >= 11 is 0. The maximum absolute atomic E-state index is 11.2. The van der Waals surface area contributed by atoms with Gasteiger partial charge in [-0.25, -0.2) is 0 Å². The number of carbonyl (C=O) groups excluding carboxylic acids is 1. The molecule has 0 heterocycles. The molecule has 0 saturated carbocycles. The van der Waals surface area contributed by atoms with Crippen LogP contribution in [0.4, 0.5) is 0 Å². The second-order valence-electron chi connectivity index (χ2n) is 3.28. The van der Waals surface area contributed by atoms with Crippen LogP contribution in [-0.4, -0.2) is 35.2 Å². The molecule has 0 unspecified atom stereocenters. The van der Waals surface area contributed by atoms with Gasteiger partial charge in [-0.3, -0.25) is 9.59 Å². The molecule has 0 aliphatic rings. The van der Waals surface area contributed by atoms with Gasteiger partial charge in [0, 0.05) is 6.54 Å². The van der Waals surface area contributed by atoms with Crippen LogP contribution in [0.3, 0.4) is 0 Å². The molecular formula is C11H13NO5. The molecule has 0 atom stereocenters. The number of hydrogen-bond acceptors (Lipinski definition) is 4. The molecule has 1 amide bonds. The van der Waals surface area contributed by atoms with E-state index in [1.807, 2.05) is 0 Å². The van der Waals surface area contributed by atoms with Gasteiger partial charge in [-0.05, 0) is 24.3 Å². The summed E-state index contributed by atoms with van der Waals surface area (Å²) < 4.78 is 5.11. The Bertz CT molecular complexity index is 387. The van der Waals surface area contributed by atoms with Gasteiger partial charge >= 0.3 is 5.97 Å². The number of ether oxygens (including phenoxy) is 1. The topological polar surface area (TPSA) is 95.9 Å². The number of phenolic OH excluding ortho intramolecular Hbond substituents is 1. The molecule has 0 saturated heterocycles. The van der Waals surface area contributed by atoms with E-state index in [4.69, 9.17) is 14.9 Å². The summed E-state index contributed by atoms with van der Waals surface area (Å²) in [5, 5.41) is 19.8. The van der Waals surface area contributed by atoms with Gasteiger partial charge in [-0.1, -0.05) is 0 Å². The number of carbonyl (C=O) groups is 2. The first-order chi connectivity index (χ1) is 8.08. The lowest BCUT2D eigenvalue weighted by Gasteiger charge is -2.06. The van der Waals surface area contributed by atoms with Gasteiger partial charge in [0.15, 0.2) is 6.61 Å². The fourth-order valence-electron chi connectivity index (χ4n) is 1.05. The minimum absolute atomic E-state index is 0.0765. The molecule has 0 aromatic heterocycles. The van der Waals surface area contributed by atoms with Crippen molar-refractivity contribution in [1.29, 1.82) is 0 Å². The van der Waals surface area contributed by atoms with Crippen LogP contribution in [0.25, 0.3) is 0 Å². The Kier molecular flexibility index (Phi) is 4.80. The Hall–Kier alpha value is -2.24. The summed E-state index contributed by atoms with van der Waals surface area (Å²) in [6.07, 6.45) is -0.120. The highest BCUT2D eigenvalue weighted by Gasteiger charge is 2.03. The van der Waals surface area contributed by atoms with Gasteiger partial charge in [0.25, 0.3) is 5.91 Å². The first-order valence-corrected chi connectivity index (χ1v) is 4.98. The molecule has 0 radical (unpaired) electrons. The molecule has 0 spiro atoms. The van der Waals surface area contributed by atoms with E-state index in [0.29, 0.717) is 5.75 Å². The number of carboxylic acid groups (broad SMARTS) is 1. The minimum Gasteiger partial charge on any atom is -0.508 e. The maximum atomic E-state index is 11.2. The van der Waals surface area contributed by atoms with E-state index >= 15 is 0 Å².